The fourth-order valence-electron chi connectivity index (χ4n) is 1.17. The molecule has 0 bridgehead atoms. The van der Waals surface area contributed by atoms with Gasteiger partial charge in [0.05, 0.1) is 40.5 Å². The summed E-state index contributed by atoms with van der Waals surface area (Å²) >= 11 is 0. The Bertz CT molecular complexity index is 208. The maximum Gasteiger partial charge on any atom is 0.222 e. The molecular weight excluding hydrogens is 232 g/mol. The zero-order valence-electron chi connectivity index (χ0n) is 12.3. The second kappa shape index (κ2) is 11.4. The summed E-state index contributed by atoms with van der Waals surface area (Å²) in [7, 11) is 4.19. The molecule has 0 aromatic carbocycles. The first kappa shape index (κ1) is 17.4. The van der Waals surface area contributed by atoms with Crippen LogP contribution in [0.1, 0.15) is 20.3 Å². The molecule has 5 nitrogen and oxygen atoms in total. The van der Waals surface area contributed by atoms with Crippen molar-refractivity contribution < 1.29 is 19.2 Å². The Morgan fingerprint density at radius 3 is 2.28 bits per heavy atom. The Balaban J connectivity index is 3.17. The molecule has 0 radical (unpaired) electrons. The van der Waals surface area contributed by atoms with Gasteiger partial charge in [-0.25, -0.2) is 0 Å². The molecule has 0 saturated carbocycles. The average molecular weight is 261 g/mol. The van der Waals surface area contributed by atoms with E-state index in [1.807, 2.05) is 0 Å². The Morgan fingerprint density at radius 2 is 1.72 bits per heavy atom. The molecule has 2 N–H and O–H groups in total. The molecule has 0 fully saturated rings. The number of likely N-dealkylation sites (N-methyl/N-ethyl adjacent to an activating group) is 1. The molecule has 0 atom stereocenters. The highest BCUT2D eigenvalue weighted by Crippen LogP contribution is 1.89. The maximum absolute atomic E-state index is 11.3. The lowest BCUT2D eigenvalue weighted by Gasteiger charge is -2.09. The number of hydrogen-bond donors (Lipinski definition) is 2. The zero-order valence-corrected chi connectivity index (χ0v) is 12.3. The topological polar surface area (TPSA) is 52.0 Å². The van der Waals surface area contributed by atoms with Gasteiger partial charge in [0, 0.05) is 13.0 Å². The van der Waals surface area contributed by atoms with Gasteiger partial charge in [0.25, 0.3) is 0 Å². The van der Waals surface area contributed by atoms with E-state index in [-0.39, 0.29) is 5.91 Å². The summed E-state index contributed by atoms with van der Waals surface area (Å²) in [6.07, 6.45) is 0.425. The van der Waals surface area contributed by atoms with Gasteiger partial charge in [0.2, 0.25) is 5.91 Å². The van der Waals surface area contributed by atoms with Gasteiger partial charge in [-0.15, -0.1) is 0 Å². The van der Waals surface area contributed by atoms with Crippen LogP contribution in [0.5, 0.6) is 0 Å². The molecule has 108 valence electrons. The van der Waals surface area contributed by atoms with E-state index in [0.29, 0.717) is 32.2 Å². The first-order chi connectivity index (χ1) is 8.52. The monoisotopic (exact) mass is 261 g/mol. The number of hydrogen-bond acceptors (Lipinski definition) is 3. The van der Waals surface area contributed by atoms with E-state index < -0.39 is 0 Å². The lowest BCUT2D eigenvalue weighted by molar-refractivity contribution is -0.858. The smallest absolute Gasteiger partial charge is 0.222 e. The molecule has 0 aromatic heterocycles. The van der Waals surface area contributed by atoms with E-state index in [0.717, 1.165) is 19.7 Å². The number of carbonyl (C=O) groups excluding carboxylic acids is 1. The predicted molar refractivity (Wildman–Crippen MR) is 71.8 cm³/mol. The van der Waals surface area contributed by atoms with Crippen LogP contribution in [0.25, 0.3) is 0 Å². The molecular formula is C13H29N2O3+. The van der Waals surface area contributed by atoms with E-state index >= 15 is 0 Å². The van der Waals surface area contributed by atoms with Gasteiger partial charge >= 0.3 is 0 Å². The van der Waals surface area contributed by atoms with Crippen molar-refractivity contribution in [2.45, 2.75) is 20.3 Å². The first-order valence-electron chi connectivity index (χ1n) is 6.73. The summed E-state index contributed by atoms with van der Waals surface area (Å²) in [6.45, 7) is 8.24. The van der Waals surface area contributed by atoms with Gasteiger partial charge in [0.1, 0.15) is 6.54 Å². The van der Waals surface area contributed by atoms with Gasteiger partial charge < -0.3 is 19.7 Å². The Hall–Kier alpha value is -0.650. The molecule has 5 heteroatoms. The summed E-state index contributed by atoms with van der Waals surface area (Å²) < 4.78 is 10.7. The van der Waals surface area contributed by atoms with E-state index in [4.69, 9.17) is 9.47 Å². The lowest BCUT2D eigenvalue weighted by Crippen LogP contribution is -3.06. The minimum atomic E-state index is 0.0563. The maximum atomic E-state index is 11.3. The van der Waals surface area contributed by atoms with Crippen molar-refractivity contribution in [1.29, 1.82) is 0 Å². The normalized spacial score (nSPS) is 11.2. The number of amides is 1. The fraction of sp³-hybridized carbons (Fsp3) is 0.923. The van der Waals surface area contributed by atoms with Gasteiger partial charge in [-0.3, -0.25) is 4.79 Å². The van der Waals surface area contributed by atoms with Crippen molar-refractivity contribution in [2.75, 3.05) is 53.6 Å². The van der Waals surface area contributed by atoms with Gasteiger partial charge in [-0.1, -0.05) is 13.8 Å². The number of carbonyl (C=O) groups is 1. The molecule has 0 aliphatic heterocycles. The van der Waals surface area contributed by atoms with Gasteiger partial charge in [-0.05, 0) is 5.92 Å². The van der Waals surface area contributed by atoms with Crippen molar-refractivity contribution in [3.05, 3.63) is 0 Å². The molecule has 0 rings (SSSR count). The number of quaternary nitrogens is 1. The molecule has 0 aliphatic rings. The van der Waals surface area contributed by atoms with Crippen LogP contribution in [0.2, 0.25) is 0 Å². The van der Waals surface area contributed by atoms with E-state index in [2.05, 4.69) is 33.3 Å². The lowest BCUT2D eigenvalue weighted by atomic mass is 10.2. The third-order valence-electron chi connectivity index (χ3n) is 2.30. The minimum Gasteiger partial charge on any atom is -0.379 e. The average Bonchev–Trinajstić information content (AvgIpc) is 2.29. The quantitative estimate of drug-likeness (QED) is 0.485. The van der Waals surface area contributed by atoms with Crippen LogP contribution in [-0.2, 0) is 14.3 Å². The molecule has 0 aromatic rings. The van der Waals surface area contributed by atoms with Crippen LogP contribution >= 0.6 is 0 Å². The van der Waals surface area contributed by atoms with E-state index in [9.17, 15) is 4.79 Å². The van der Waals surface area contributed by atoms with E-state index in [1.165, 1.54) is 4.90 Å². The Labute approximate surface area is 111 Å². The van der Waals surface area contributed by atoms with Crippen LogP contribution in [0.15, 0.2) is 0 Å². The number of ether oxygens (including phenoxy) is 2. The largest absolute Gasteiger partial charge is 0.379 e. The highest BCUT2D eigenvalue weighted by Gasteiger charge is 2.02. The minimum absolute atomic E-state index is 0.0563. The van der Waals surface area contributed by atoms with Crippen molar-refractivity contribution >= 4 is 5.91 Å². The highest BCUT2D eigenvalue weighted by atomic mass is 16.5. The van der Waals surface area contributed by atoms with Crippen molar-refractivity contribution in [1.82, 2.24) is 5.32 Å². The first-order valence-corrected chi connectivity index (χ1v) is 6.73. The third-order valence-corrected chi connectivity index (χ3v) is 2.30. The van der Waals surface area contributed by atoms with Crippen LogP contribution in [0.4, 0.5) is 0 Å². The molecule has 1 amide bonds. The van der Waals surface area contributed by atoms with Crippen molar-refractivity contribution in [2.24, 2.45) is 5.92 Å². The summed E-state index contributed by atoms with van der Waals surface area (Å²) in [5.41, 5.74) is 0. The van der Waals surface area contributed by atoms with Crippen molar-refractivity contribution in [3.63, 3.8) is 0 Å². The van der Waals surface area contributed by atoms with Crippen molar-refractivity contribution in [3.8, 4) is 0 Å². The molecule has 0 spiro atoms. The number of rotatable bonds is 11. The summed E-state index contributed by atoms with van der Waals surface area (Å²) in [5.74, 6) is 0.544. The summed E-state index contributed by atoms with van der Waals surface area (Å²) in [5, 5.41) is 2.85. The van der Waals surface area contributed by atoms with Crippen LogP contribution in [-0.4, -0.2) is 59.5 Å². The third kappa shape index (κ3) is 13.4. The molecule has 18 heavy (non-hydrogen) atoms. The summed E-state index contributed by atoms with van der Waals surface area (Å²) in [4.78, 5) is 12.7. The highest BCUT2D eigenvalue weighted by molar-refractivity contribution is 5.75. The van der Waals surface area contributed by atoms with E-state index in [1.54, 1.807) is 0 Å². The Morgan fingerprint density at radius 1 is 1.11 bits per heavy atom. The standard InChI is InChI=1S/C13H28N2O3/c1-12(2)11-14-13(16)5-7-17-9-10-18-8-6-15(3)4/h12H,5-11H2,1-4H3,(H,14,16)/p+1. The number of nitrogens with one attached hydrogen (secondary N) is 2. The summed E-state index contributed by atoms with van der Waals surface area (Å²) in [6, 6.07) is 0. The Kier molecular flexibility index (Phi) is 11.0. The fourth-order valence-corrected chi connectivity index (χ4v) is 1.17. The van der Waals surface area contributed by atoms with Gasteiger partial charge in [0.15, 0.2) is 0 Å². The van der Waals surface area contributed by atoms with Crippen LogP contribution < -0.4 is 10.2 Å². The van der Waals surface area contributed by atoms with Crippen LogP contribution in [0.3, 0.4) is 0 Å². The predicted octanol–water partition coefficient (Wildman–Crippen LogP) is -0.674. The molecule has 0 heterocycles. The second-order valence-corrected chi connectivity index (χ2v) is 5.13. The van der Waals surface area contributed by atoms with Gasteiger partial charge in [-0.2, -0.15) is 0 Å². The molecule has 0 aliphatic carbocycles. The zero-order chi connectivity index (χ0) is 13.8. The SMILES string of the molecule is CC(C)CNC(=O)CCOCCOCC[NH+](C)C. The second-order valence-electron chi connectivity index (χ2n) is 5.13. The van der Waals surface area contributed by atoms with Crippen LogP contribution in [0, 0.1) is 5.92 Å². The molecule has 0 unspecified atom stereocenters. The molecule has 0 saturated heterocycles.